The second-order valence-corrected chi connectivity index (χ2v) is 11.3. The minimum Gasteiger partial charge on any atom is -0.367 e. The van der Waals surface area contributed by atoms with Crippen LogP contribution in [0.5, 0.6) is 0 Å². The van der Waals surface area contributed by atoms with E-state index in [1.165, 1.54) is 41.6 Å². The van der Waals surface area contributed by atoms with E-state index in [0.717, 1.165) is 44.9 Å². The van der Waals surface area contributed by atoms with Crippen LogP contribution in [0.1, 0.15) is 120 Å². The third kappa shape index (κ3) is 10.2. The van der Waals surface area contributed by atoms with Crippen LogP contribution in [0.15, 0.2) is 46.6 Å². The van der Waals surface area contributed by atoms with Gasteiger partial charge in [0.1, 0.15) is 0 Å². The van der Waals surface area contributed by atoms with E-state index < -0.39 is 0 Å². The lowest BCUT2D eigenvalue weighted by molar-refractivity contribution is 0.295. The van der Waals surface area contributed by atoms with Crippen molar-refractivity contribution >= 4 is 0 Å². The van der Waals surface area contributed by atoms with Crippen LogP contribution in [0.4, 0.5) is 0 Å². The summed E-state index contributed by atoms with van der Waals surface area (Å²) >= 11 is 0. The zero-order chi connectivity index (χ0) is 23.8. The molecule has 182 valence electrons. The van der Waals surface area contributed by atoms with E-state index in [-0.39, 0.29) is 11.2 Å². The zero-order valence-electron chi connectivity index (χ0n) is 22.4. The van der Waals surface area contributed by atoms with Gasteiger partial charge in [0.05, 0.1) is 23.4 Å². The van der Waals surface area contributed by atoms with Gasteiger partial charge in [-0.1, -0.05) is 46.6 Å². The summed E-state index contributed by atoms with van der Waals surface area (Å²) in [6.07, 6.45) is 22.1. The molecule has 2 fully saturated rings. The fraction of sp³-hybridized carbons (Fsp3) is 0.733. The van der Waals surface area contributed by atoms with Crippen LogP contribution in [0.25, 0.3) is 0 Å². The van der Waals surface area contributed by atoms with Crippen molar-refractivity contribution in [1.82, 2.24) is 0 Å². The molecule has 3 atom stereocenters. The molecule has 2 rings (SSSR count). The van der Waals surface area contributed by atoms with E-state index in [4.69, 9.17) is 9.47 Å². The molecule has 3 unspecified atom stereocenters. The van der Waals surface area contributed by atoms with Crippen molar-refractivity contribution in [3.63, 3.8) is 0 Å². The molecular weight excluding hydrogens is 392 g/mol. The lowest BCUT2D eigenvalue weighted by atomic mass is 9.97. The molecule has 0 N–H and O–H groups in total. The minimum absolute atomic E-state index is 0.109. The van der Waals surface area contributed by atoms with Crippen molar-refractivity contribution in [2.24, 2.45) is 0 Å². The predicted octanol–water partition coefficient (Wildman–Crippen LogP) is 9.03. The lowest BCUT2D eigenvalue weighted by Crippen LogP contribution is -2.09. The summed E-state index contributed by atoms with van der Waals surface area (Å²) in [4.78, 5) is 0. The molecule has 0 amide bonds. The normalized spacial score (nSPS) is 27.4. The number of allylic oxidation sites excluding steroid dienone is 8. The van der Waals surface area contributed by atoms with Crippen LogP contribution in [0.2, 0.25) is 0 Å². The smallest absolute Gasteiger partial charge is 0.0923 e. The maximum Gasteiger partial charge on any atom is 0.0923 e. The van der Waals surface area contributed by atoms with Gasteiger partial charge in [-0.2, -0.15) is 0 Å². The molecule has 0 aromatic rings. The summed E-state index contributed by atoms with van der Waals surface area (Å²) in [7, 11) is 0. The topological polar surface area (TPSA) is 25.1 Å². The summed E-state index contributed by atoms with van der Waals surface area (Å²) < 4.78 is 11.8. The molecule has 2 nitrogen and oxygen atoms in total. The Kier molecular flexibility index (Phi) is 10.5. The Bertz CT molecular complexity index is 717. The number of ether oxygens (including phenoxy) is 2. The SMILES string of the molecule is CC(C)=CCC/C(C)=C/CCC1(C)OC1CC/C=C(\C)CC/C=C(\C)CCC1OC1(C)C. The Balaban J connectivity index is 1.55. The van der Waals surface area contributed by atoms with E-state index >= 15 is 0 Å². The van der Waals surface area contributed by atoms with Crippen LogP contribution < -0.4 is 0 Å². The number of rotatable bonds is 15. The molecule has 0 aromatic carbocycles. The molecule has 0 radical (unpaired) electrons. The van der Waals surface area contributed by atoms with Gasteiger partial charge in [0.2, 0.25) is 0 Å². The van der Waals surface area contributed by atoms with Gasteiger partial charge in [-0.3, -0.25) is 0 Å². The quantitative estimate of drug-likeness (QED) is 0.187. The summed E-state index contributed by atoms with van der Waals surface area (Å²) in [5, 5.41) is 0. The highest BCUT2D eigenvalue weighted by molar-refractivity contribution is 5.08. The Morgan fingerprint density at radius 2 is 1.16 bits per heavy atom. The van der Waals surface area contributed by atoms with Crippen molar-refractivity contribution in [1.29, 1.82) is 0 Å². The maximum absolute atomic E-state index is 6.07. The number of hydrogen-bond donors (Lipinski definition) is 0. The second-order valence-electron chi connectivity index (χ2n) is 11.3. The number of hydrogen-bond acceptors (Lipinski definition) is 2. The predicted molar refractivity (Wildman–Crippen MR) is 139 cm³/mol. The molecule has 0 aliphatic carbocycles. The summed E-state index contributed by atoms with van der Waals surface area (Å²) in [5.41, 5.74) is 6.18. The van der Waals surface area contributed by atoms with Crippen LogP contribution in [-0.2, 0) is 9.47 Å². The highest BCUT2D eigenvalue weighted by Crippen LogP contribution is 2.43. The Morgan fingerprint density at radius 3 is 1.75 bits per heavy atom. The molecule has 2 heterocycles. The third-order valence-electron chi connectivity index (χ3n) is 7.18. The second kappa shape index (κ2) is 12.4. The monoisotopic (exact) mass is 442 g/mol. The molecule has 0 saturated carbocycles. The molecule has 2 aliphatic rings. The van der Waals surface area contributed by atoms with Crippen LogP contribution >= 0.6 is 0 Å². The van der Waals surface area contributed by atoms with Gasteiger partial charge in [0, 0.05) is 0 Å². The van der Waals surface area contributed by atoms with E-state index in [0.29, 0.717) is 12.2 Å². The van der Waals surface area contributed by atoms with Crippen LogP contribution in [0, 0.1) is 0 Å². The van der Waals surface area contributed by atoms with Crippen LogP contribution in [-0.4, -0.2) is 23.4 Å². The van der Waals surface area contributed by atoms with Gasteiger partial charge >= 0.3 is 0 Å². The van der Waals surface area contributed by atoms with Crippen LogP contribution in [0.3, 0.4) is 0 Å². The van der Waals surface area contributed by atoms with Gasteiger partial charge in [-0.05, 0) is 120 Å². The highest BCUT2D eigenvalue weighted by Gasteiger charge is 2.50. The van der Waals surface area contributed by atoms with Gasteiger partial charge in [0.25, 0.3) is 0 Å². The molecule has 0 aromatic heterocycles. The highest BCUT2D eigenvalue weighted by atomic mass is 16.6. The Morgan fingerprint density at radius 1 is 0.625 bits per heavy atom. The average molecular weight is 443 g/mol. The van der Waals surface area contributed by atoms with E-state index in [2.05, 4.69) is 79.7 Å². The van der Waals surface area contributed by atoms with Crippen molar-refractivity contribution in [2.75, 3.05) is 0 Å². The third-order valence-corrected chi connectivity index (χ3v) is 7.18. The molecule has 32 heavy (non-hydrogen) atoms. The van der Waals surface area contributed by atoms with Crippen molar-refractivity contribution in [3.8, 4) is 0 Å². The molecule has 2 saturated heterocycles. The minimum atomic E-state index is 0.109. The fourth-order valence-corrected chi connectivity index (χ4v) is 4.50. The van der Waals surface area contributed by atoms with E-state index in [9.17, 15) is 0 Å². The molecule has 2 heteroatoms. The van der Waals surface area contributed by atoms with Gasteiger partial charge in [-0.25, -0.2) is 0 Å². The van der Waals surface area contributed by atoms with Gasteiger partial charge in [0.15, 0.2) is 0 Å². The summed E-state index contributed by atoms with van der Waals surface area (Å²) in [6, 6.07) is 0. The first-order valence-electron chi connectivity index (χ1n) is 13.0. The molecule has 0 spiro atoms. The summed E-state index contributed by atoms with van der Waals surface area (Å²) in [5.74, 6) is 0. The van der Waals surface area contributed by atoms with E-state index in [1.807, 2.05) is 0 Å². The van der Waals surface area contributed by atoms with Gasteiger partial charge in [-0.15, -0.1) is 0 Å². The van der Waals surface area contributed by atoms with E-state index in [1.54, 1.807) is 0 Å². The largest absolute Gasteiger partial charge is 0.367 e. The first kappa shape index (κ1) is 27.1. The first-order chi connectivity index (χ1) is 15.0. The zero-order valence-corrected chi connectivity index (χ0v) is 22.4. The lowest BCUT2D eigenvalue weighted by Gasteiger charge is -2.05. The summed E-state index contributed by atoms with van der Waals surface area (Å²) in [6.45, 7) is 17.8. The number of epoxide rings is 2. The molecule has 2 aliphatic heterocycles. The molecular formula is C30H50O2. The van der Waals surface area contributed by atoms with Crippen molar-refractivity contribution in [3.05, 3.63) is 46.6 Å². The first-order valence-corrected chi connectivity index (χ1v) is 13.0. The maximum atomic E-state index is 6.07. The van der Waals surface area contributed by atoms with Gasteiger partial charge < -0.3 is 9.47 Å². The van der Waals surface area contributed by atoms with Crippen molar-refractivity contribution < 1.29 is 9.47 Å². The van der Waals surface area contributed by atoms with Crippen molar-refractivity contribution in [2.45, 2.75) is 143 Å². The standard InChI is InChI=1S/C30H50O2/c1-23(2)13-9-14-25(4)18-12-22-30(8)28(32-30)19-11-17-24(3)15-10-16-26(5)20-21-27-29(6,7)31-27/h13,16-18,27-28H,9-12,14-15,19-22H2,1-8H3/b24-17+,25-18+,26-16+. The Hall–Kier alpha value is -1.12. The fourth-order valence-electron chi connectivity index (χ4n) is 4.50. The Labute approximate surface area is 199 Å². The molecule has 0 bridgehead atoms. The average Bonchev–Trinajstić information content (AvgIpc) is 3.53.